The number of aromatic amines is 3. The molecule has 4 aromatic heterocycles. The van der Waals surface area contributed by atoms with Crippen LogP contribution in [0.2, 0.25) is 0 Å². The van der Waals surface area contributed by atoms with Gasteiger partial charge in [0.25, 0.3) is 5.91 Å². The Kier molecular flexibility index (Phi) is 34.9. The van der Waals surface area contributed by atoms with Gasteiger partial charge in [0.1, 0.15) is 90.1 Å². The number of para-hydroxylation sites is 2. The normalized spacial score (nSPS) is 24.9. The fourth-order valence-corrected chi connectivity index (χ4v) is 18.0. The highest BCUT2D eigenvalue weighted by atomic mass is 32.2. The zero-order valence-electron chi connectivity index (χ0n) is 75.1. The van der Waals surface area contributed by atoms with Gasteiger partial charge < -0.3 is 115 Å². The van der Waals surface area contributed by atoms with Crippen LogP contribution in [0.25, 0.3) is 21.8 Å². The third kappa shape index (κ3) is 25.5. The number of nitrogens with one attached hydrogen (secondary N) is 13. The highest BCUT2D eigenvalue weighted by Crippen LogP contribution is 2.38. The predicted molar refractivity (Wildman–Crippen MR) is 483 cm³/mol. The molecule has 11 rings (SSSR count). The number of amides is 17. The monoisotopic (exact) mass is 1880 g/mol. The number of anilines is 1. The van der Waals surface area contributed by atoms with Crippen molar-refractivity contribution in [3.05, 3.63) is 120 Å². The smallest absolute Gasteiger partial charge is 0.251 e. The maximum atomic E-state index is 15.9. The van der Waals surface area contributed by atoms with Gasteiger partial charge in [0.2, 0.25) is 94.5 Å². The maximum absolute atomic E-state index is 15.9. The van der Waals surface area contributed by atoms with E-state index in [1.165, 1.54) is 60.6 Å². The summed E-state index contributed by atoms with van der Waals surface area (Å²) in [6.45, 7) is 6.07. The molecule has 3 aromatic carbocycles. The van der Waals surface area contributed by atoms with Crippen molar-refractivity contribution in [2.24, 2.45) is 23.1 Å². The lowest BCUT2D eigenvalue weighted by molar-refractivity contribution is -0.144. The zero-order chi connectivity index (χ0) is 96.9. The standard InChI is InChI=1S/C88H117N25O20S/c1-7-9-20-66-82(127)99-59(30-45(3)4)78(123)105-65(77(122)94-39-72(91)119)42-134-43-73(120)96-58(31-47-23-25-50(115)26-24-47)75-106-107-108-113(75)46(5)76(121)102-63(36-71(90)118)86(131)110-29-15-22-67(110)83(128)101-61(33-49-38-92-44-95-49)80(125)98-57(27-28-70(89)117)85(130)111-40-51(116)34-69(111)84(129)100-60(32-48-37-93-55-18-13-11-16-52(48)55)79(124)104-64(41-114)81(126)103-62-35-54-53-17-12-14-19-56(53)97-74(54)112(87(62)132)68(21-10-8-2)88(133)109(66)6/h11-14,16-19,23-26,37-38,44-46,51,57-69,93,97,114-116H,7-10,15,20-22,27-36,39-43H2,1-6H3,(H2,89,117)(H2,90,118)(H2,91,119)(H,92,95)(H,94,122)(H,96,120)(H,98,125)(H,99,127)(H,100,129)(H,101,128)(H,102,121)(H,103,126)(H,104,124)(H,105,123)/t46-,51+,57-,58-,59-,60-,61-,62-,63-,64-,65-,66-,67-,68-,69-/m0/s1. The number of benzene rings is 3. The summed E-state index contributed by atoms with van der Waals surface area (Å²) in [4.78, 5) is 267. The second-order valence-corrected chi connectivity index (χ2v) is 35.5. The summed E-state index contributed by atoms with van der Waals surface area (Å²) in [5.41, 5.74) is 19.7. The molecule has 22 N–H and O–H groups in total. The number of aromatic hydroxyl groups is 1. The molecule has 0 unspecified atom stereocenters. The van der Waals surface area contributed by atoms with Crippen LogP contribution in [0.1, 0.15) is 158 Å². The Balaban J connectivity index is 0.957. The molecule has 8 heterocycles. The van der Waals surface area contributed by atoms with Gasteiger partial charge in [-0.05, 0) is 97.2 Å². The van der Waals surface area contributed by atoms with E-state index in [1.807, 2.05) is 13.8 Å². The van der Waals surface area contributed by atoms with Crippen LogP contribution in [-0.2, 0) is 107 Å². The molecule has 7 aromatic rings. The molecule has 17 amide bonds. The first-order valence-electron chi connectivity index (χ1n) is 44.6. The minimum atomic E-state index is -1.89. The van der Waals surface area contributed by atoms with Crippen molar-refractivity contribution in [2.45, 2.75) is 234 Å². The molecule has 0 radical (unpaired) electrons. The van der Waals surface area contributed by atoms with Crippen LogP contribution in [-0.4, -0.2) is 294 Å². The average molecular weight is 1880 g/mol. The lowest BCUT2D eigenvalue weighted by Gasteiger charge is -2.40. The van der Waals surface area contributed by atoms with E-state index in [1.54, 1.807) is 68.6 Å². The van der Waals surface area contributed by atoms with E-state index in [0.29, 0.717) is 64.2 Å². The summed E-state index contributed by atoms with van der Waals surface area (Å²) >= 11 is 0.833. The molecular weight excluding hydrogens is 1760 g/mol. The number of fused-ring (bicyclic) bond motifs is 10. The van der Waals surface area contributed by atoms with Crippen LogP contribution in [0.3, 0.4) is 0 Å². The van der Waals surface area contributed by atoms with Gasteiger partial charge >= 0.3 is 0 Å². The number of imidazole rings is 1. The lowest BCUT2D eigenvalue weighted by atomic mass is 9.94. The molecule has 15 atom stereocenters. The van der Waals surface area contributed by atoms with Gasteiger partial charge in [0, 0.05) is 110 Å². The Hall–Kier alpha value is -13.9. The quantitative estimate of drug-likeness (QED) is 0.0304. The van der Waals surface area contributed by atoms with Crippen LogP contribution in [0.15, 0.2) is 91.5 Å². The number of nitrogens with two attached hydrogens (primary N) is 3. The fourth-order valence-electron chi connectivity index (χ4n) is 17.1. The van der Waals surface area contributed by atoms with Gasteiger partial charge in [0.05, 0.1) is 43.8 Å². The fraction of sp³-hybridized carbons (Fsp3) is 0.511. The molecule has 2 saturated heterocycles. The number of tetrazole rings is 1. The molecule has 0 saturated carbocycles. The van der Waals surface area contributed by atoms with Gasteiger partial charge in [-0.1, -0.05) is 102 Å². The number of nitrogens with zero attached hydrogens (tertiary/aromatic N) is 9. The number of rotatable bonds is 23. The van der Waals surface area contributed by atoms with Crippen LogP contribution in [0, 0.1) is 5.92 Å². The first-order chi connectivity index (χ1) is 64.0. The summed E-state index contributed by atoms with van der Waals surface area (Å²) in [5, 5.41) is 72.8. The van der Waals surface area contributed by atoms with Crippen molar-refractivity contribution in [3.8, 4) is 5.75 Å². The summed E-state index contributed by atoms with van der Waals surface area (Å²) in [6, 6.07) is -2.13. The number of unbranched alkanes of at least 4 members (excludes halogenated alkanes) is 2. The molecule has 4 aliphatic rings. The van der Waals surface area contributed by atoms with Crippen LogP contribution in [0.4, 0.5) is 5.82 Å². The van der Waals surface area contributed by atoms with Crippen molar-refractivity contribution >= 4 is 140 Å². The Morgan fingerprint density at radius 3 is 1.91 bits per heavy atom. The molecule has 134 heavy (non-hydrogen) atoms. The number of H-pyrrole nitrogens is 3. The van der Waals surface area contributed by atoms with Crippen LogP contribution in [0.5, 0.6) is 5.75 Å². The SMILES string of the molecule is CCCC[C@H]1C(=O)N[C@@H](CC(C)C)C(=O)N[C@H](C(=O)NCC(N)=O)CSCC(=O)N[C@@H](Cc2ccc(O)cc2)c2nnnn2[C@@H](C)C(=O)N[C@@H](CC(N)=O)C(=O)N2CCC[C@H]2C(=O)N[C@@H](Cc2cnc[nH]2)C(=O)N[C@@H](CCC(N)=O)C(=O)N2C[C@H](O)C[C@H]2C(=O)N[C@@H](Cc2c[nH]c3ccccc23)C(=O)N[C@@H](CO)C(=O)N[C@H]2Cc3c([nH]c4ccccc34)N(C2=O)[C@@H](CCCC)C(=O)N1C. The number of carbonyl (C=O) groups is 17. The van der Waals surface area contributed by atoms with Crippen molar-refractivity contribution in [1.82, 2.24) is 108 Å². The Labute approximate surface area is 773 Å². The van der Waals surface area contributed by atoms with E-state index in [0.717, 1.165) is 26.2 Å². The van der Waals surface area contributed by atoms with Crippen LogP contribution >= 0.6 is 11.8 Å². The topological polar surface area (TPSA) is 666 Å². The van der Waals surface area contributed by atoms with Gasteiger partial charge in [-0.2, -0.15) is 0 Å². The second kappa shape index (κ2) is 46.4. The number of aliphatic hydroxyl groups is 2. The molecule has 4 aliphatic heterocycles. The van der Waals surface area contributed by atoms with Crippen molar-refractivity contribution in [3.63, 3.8) is 0 Å². The number of phenolic OH excluding ortho intramolecular Hbond substituents is 1. The summed E-state index contributed by atoms with van der Waals surface area (Å²) in [6.07, 6.45) is 1.07. The molecule has 45 nitrogen and oxygen atoms in total. The molecule has 2 bridgehead atoms. The zero-order valence-corrected chi connectivity index (χ0v) is 75.9. The molecule has 2 fully saturated rings. The molecule has 0 aliphatic carbocycles. The Morgan fingerprint density at radius 2 is 1.25 bits per heavy atom. The highest BCUT2D eigenvalue weighted by molar-refractivity contribution is 8.00. The first-order valence-corrected chi connectivity index (χ1v) is 45.8. The van der Waals surface area contributed by atoms with Gasteiger partial charge in [-0.25, -0.2) is 9.67 Å². The van der Waals surface area contributed by atoms with E-state index in [4.69, 9.17) is 17.2 Å². The largest absolute Gasteiger partial charge is 0.508 e. The third-order valence-corrected chi connectivity index (χ3v) is 25.1. The van der Waals surface area contributed by atoms with Crippen molar-refractivity contribution < 1.29 is 96.8 Å². The third-order valence-electron chi connectivity index (χ3n) is 24.1. The number of carbonyl (C=O) groups excluding carboxylic acids is 17. The number of primary amides is 3. The molecular formula is C88H117N25O20S. The maximum Gasteiger partial charge on any atom is 0.251 e. The Morgan fingerprint density at radius 1 is 0.619 bits per heavy atom. The summed E-state index contributed by atoms with van der Waals surface area (Å²) in [7, 11) is 1.38. The second-order valence-electron chi connectivity index (χ2n) is 34.4. The lowest BCUT2D eigenvalue weighted by Crippen LogP contribution is -2.63. The number of thioether (sulfide) groups is 1. The Bertz CT molecular complexity index is 5450. The number of phenols is 1. The predicted octanol–water partition coefficient (Wildman–Crippen LogP) is -2.97. The van der Waals surface area contributed by atoms with E-state index < -0.39 is 242 Å². The number of aromatic nitrogens is 8. The minimum Gasteiger partial charge on any atom is -0.508 e. The summed E-state index contributed by atoms with van der Waals surface area (Å²) < 4.78 is 1.02. The first kappa shape index (κ1) is 101. The van der Waals surface area contributed by atoms with Gasteiger partial charge in [-0.3, -0.25) is 86.4 Å². The summed E-state index contributed by atoms with van der Waals surface area (Å²) in [5.74, 6) is -17.4. The number of likely N-dealkylation sites (N-methyl/N-ethyl adjacent to an activating group) is 1. The minimum absolute atomic E-state index is 0.0155. The number of aliphatic hydroxyl groups excluding tert-OH is 2. The molecule has 46 heteroatoms. The van der Waals surface area contributed by atoms with Crippen molar-refractivity contribution in [1.29, 1.82) is 0 Å². The van der Waals surface area contributed by atoms with Gasteiger partial charge in [0.15, 0.2) is 5.82 Å². The molecule has 0 spiro atoms. The van der Waals surface area contributed by atoms with E-state index >= 15 is 38.4 Å². The van der Waals surface area contributed by atoms with E-state index in [-0.39, 0.29) is 99.1 Å². The molecule has 720 valence electrons. The van der Waals surface area contributed by atoms with Crippen LogP contribution < -0.4 is 75.3 Å². The number of hydrogen-bond donors (Lipinski definition) is 19. The average Bonchev–Trinajstić information content (AvgIpc) is 1.57. The highest BCUT2D eigenvalue weighted by Gasteiger charge is 2.49. The number of hydrogen-bond acceptors (Lipinski definition) is 25. The van der Waals surface area contributed by atoms with Gasteiger partial charge in [-0.15, -0.1) is 16.9 Å². The van der Waals surface area contributed by atoms with Crippen molar-refractivity contribution in [2.75, 3.05) is 49.7 Å². The van der Waals surface area contributed by atoms with E-state index in [2.05, 4.69) is 88.6 Å². The van der Waals surface area contributed by atoms with E-state index in [9.17, 15) is 58.5 Å².